The van der Waals surface area contributed by atoms with Crippen molar-refractivity contribution in [1.29, 1.82) is 0 Å². The number of anilines is 2. The minimum Gasteiger partial charge on any atom is -0.394 e. The van der Waals surface area contributed by atoms with Crippen LogP contribution >= 0.6 is 0 Å². The fourth-order valence-electron chi connectivity index (χ4n) is 2.06. The molecule has 0 aliphatic carbocycles. The molecule has 0 aliphatic heterocycles. The predicted octanol–water partition coefficient (Wildman–Crippen LogP) is 1.00. The van der Waals surface area contributed by atoms with E-state index in [4.69, 9.17) is 5.73 Å². The minimum atomic E-state index is 0.835. The first-order valence-electron chi connectivity index (χ1n) is 6.28. The highest BCUT2D eigenvalue weighted by Gasteiger charge is 2.15. The third kappa shape index (κ3) is 3.36. The van der Waals surface area contributed by atoms with Crippen LogP contribution in [0.25, 0.3) is 0 Å². The fraction of sp³-hybridized carbons (Fsp3) is 0.750. The van der Waals surface area contributed by atoms with Gasteiger partial charge in [0.15, 0.2) is 0 Å². The van der Waals surface area contributed by atoms with Crippen LogP contribution in [0.1, 0.15) is 25.5 Å². The minimum absolute atomic E-state index is 0.835. The molecule has 98 valence electrons. The number of hydrogen-bond donors (Lipinski definition) is 2. The first-order chi connectivity index (χ1) is 8.11. The lowest BCUT2D eigenvalue weighted by molar-refractivity contribution is 0.679. The van der Waals surface area contributed by atoms with Crippen LogP contribution in [0.4, 0.5) is 11.5 Å². The molecule has 0 aromatic carbocycles. The van der Waals surface area contributed by atoms with E-state index >= 15 is 0 Å². The Kier molecular flexibility index (Phi) is 5.28. The highest BCUT2D eigenvalue weighted by molar-refractivity contribution is 5.66. The van der Waals surface area contributed by atoms with E-state index in [0.29, 0.717) is 0 Å². The Morgan fingerprint density at radius 3 is 2.76 bits per heavy atom. The monoisotopic (exact) mass is 239 g/mol. The number of rotatable bonds is 7. The van der Waals surface area contributed by atoms with Crippen molar-refractivity contribution in [3.8, 4) is 0 Å². The molecule has 0 atom stereocenters. The van der Waals surface area contributed by atoms with E-state index in [-0.39, 0.29) is 0 Å². The number of aromatic nitrogens is 2. The zero-order valence-corrected chi connectivity index (χ0v) is 11.5. The third-order valence-corrected chi connectivity index (χ3v) is 2.90. The van der Waals surface area contributed by atoms with E-state index < -0.39 is 0 Å². The number of nitrogens with two attached hydrogens (primary N) is 1. The Morgan fingerprint density at radius 2 is 2.18 bits per heavy atom. The lowest BCUT2D eigenvalue weighted by Crippen LogP contribution is -2.24. The summed E-state index contributed by atoms with van der Waals surface area (Å²) in [7, 11) is 6.00. The number of aryl methyl sites for hydroxylation is 2. The smallest absolute Gasteiger partial charge is 0.150 e. The van der Waals surface area contributed by atoms with Gasteiger partial charge in [-0.2, -0.15) is 5.10 Å². The number of hydrogen-bond acceptors (Lipinski definition) is 4. The molecule has 0 bridgehead atoms. The van der Waals surface area contributed by atoms with Gasteiger partial charge in [0.25, 0.3) is 0 Å². The van der Waals surface area contributed by atoms with Crippen LogP contribution in [0.15, 0.2) is 0 Å². The van der Waals surface area contributed by atoms with Crippen LogP contribution in [-0.4, -0.2) is 37.0 Å². The van der Waals surface area contributed by atoms with Crippen LogP contribution in [0.3, 0.4) is 0 Å². The molecule has 17 heavy (non-hydrogen) atoms. The molecule has 0 fully saturated rings. The van der Waals surface area contributed by atoms with Crippen molar-refractivity contribution in [2.24, 2.45) is 7.05 Å². The first kappa shape index (κ1) is 13.8. The highest BCUT2D eigenvalue weighted by atomic mass is 15.4. The van der Waals surface area contributed by atoms with Gasteiger partial charge >= 0.3 is 0 Å². The second-order valence-corrected chi connectivity index (χ2v) is 4.44. The molecule has 0 saturated carbocycles. The predicted molar refractivity (Wildman–Crippen MR) is 73.4 cm³/mol. The second-order valence-electron chi connectivity index (χ2n) is 4.44. The first-order valence-corrected chi connectivity index (χ1v) is 6.28. The summed E-state index contributed by atoms with van der Waals surface area (Å²) in [6.45, 7) is 4.14. The van der Waals surface area contributed by atoms with Gasteiger partial charge in [0.2, 0.25) is 0 Å². The topological polar surface area (TPSA) is 59.1 Å². The van der Waals surface area contributed by atoms with Crippen molar-refractivity contribution in [2.75, 3.05) is 37.8 Å². The second kappa shape index (κ2) is 6.49. The average Bonchev–Trinajstić information content (AvgIpc) is 2.55. The summed E-state index contributed by atoms with van der Waals surface area (Å²) in [6, 6.07) is 0. The largest absolute Gasteiger partial charge is 0.394 e. The van der Waals surface area contributed by atoms with Crippen molar-refractivity contribution in [2.45, 2.75) is 26.2 Å². The van der Waals surface area contributed by atoms with Crippen molar-refractivity contribution < 1.29 is 0 Å². The van der Waals surface area contributed by atoms with Gasteiger partial charge in [-0.3, -0.25) is 4.68 Å². The molecule has 5 nitrogen and oxygen atoms in total. The molecule has 0 amide bonds. The van der Waals surface area contributed by atoms with Crippen molar-refractivity contribution in [3.63, 3.8) is 0 Å². The van der Waals surface area contributed by atoms with Gasteiger partial charge in [-0.15, -0.1) is 0 Å². The van der Waals surface area contributed by atoms with Crippen molar-refractivity contribution in [3.05, 3.63) is 5.69 Å². The van der Waals surface area contributed by atoms with Crippen molar-refractivity contribution in [1.82, 2.24) is 15.1 Å². The van der Waals surface area contributed by atoms with E-state index in [1.165, 1.54) is 0 Å². The molecule has 5 heteroatoms. The third-order valence-electron chi connectivity index (χ3n) is 2.90. The fourth-order valence-corrected chi connectivity index (χ4v) is 2.06. The SMILES string of the molecule is CCCc1nn(C)c(N(C)CCCNC)c1N. The summed E-state index contributed by atoms with van der Waals surface area (Å²) >= 11 is 0. The molecule has 0 aliphatic rings. The molecule has 0 radical (unpaired) electrons. The maximum absolute atomic E-state index is 6.15. The molecule has 1 aromatic heterocycles. The Balaban J connectivity index is 2.74. The van der Waals surface area contributed by atoms with E-state index in [1.807, 2.05) is 18.8 Å². The summed E-state index contributed by atoms with van der Waals surface area (Å²) in [5.41, 5.74) is 8.01. The maximum atomic E-state index is 6.15. The summed E-state index contributed by atoms with van der Waals surface area (Å²) in [4.78, 5) is 2.18. The summed E-state index contributed by atoms with van der Waals surface area (Å²) < 4.78 is 1.89. The van der Waals surface area contributed by atoms with Crippen LogP contribution in [0, 0.1) is 0 Å². The summed E-state index contributed by atoms with van der Waals surface area (Å²) in [5.74, 6) is 1.03. The van der Waals surface area contributed by atoms with Crippen LogP contribution in [0.5, 0.6) is 0 Å². The Hall–Kier alpha value is -1.23. The molecule has 0 saturated heterocycles. The number of nitrogens with zero attached hydrogens (tertiary/aromatic N) is 3. The Bertz CT molecular complexity index is 345. The van der Waals surface area contributed by atoms with E-state index in [9.17, 15) is 0 Å². The van der Waals surface area contributed by atoms with Gasteiger partial charge in [0, 0.05) is 20.6 Å². The molecule has 1 heterocycles. The van der Waals surface area contributed by atoms with E-state index in [2.05, 4.69) is 29.3 Å². The van der Waals surface area contributed by atoms with Gasteiger partial charge < -0.3 is 16.0 Å². The molecular formula is C12H25N5. The Morgan fingerprint density at radius 1 is 1.47 bits per heavy atom. The van der Waals surface area contributed by atoms with Gasteiger partial charge in [-0.05, 0) is 26.4 Å². The zero-order valence-electron chi connectivity index (χ0n) is 11.5. The van der Waals surface area contributed by atoms with Gasteiger partial charge in [-0.1, -0.05) is 13.3 Å². The standard InChI is InChI=1S/C12H25N5/c1-5-7-10-11(13)12(17(4)15-10)16(3)9-6-8-14-2/h14H,5-9,13H2,1-4H3. The lowest BCUT2D eigenvalue weighted by atomic mass is 10.2. The van der Waals surface area contributed by atoms with Crippen LogP contribution in [-0.2, 0) is 13.5 Å². The highest BCUT2D eigenvalue weighted by Crippen LogP contribution is 2.26. The molecular weight excluding hydrogens is 214 g/mol. The van der Waals surface area contributed by atoms with Crippen molar-refractivity contribution >= 4 is 11.5 Å². The van der Waals surface area contributed by atoms with E-state index in [0.717, 1.165) is 49.6 Å². The quantitative estimate of drug-likeness (QED) is 0.697. The van der Waals surface area contributed by atoms with Crippen LogP contribution in [0.2, 0.25) is 0 Å². The zero-order chi connectivity index (χ0) is 12.8. The average molecular weight is 239 g/mol. The number of nitrogens with one attached hydrogen (secondary N) is 1. The summed E-state index contributed by atoms with van der Waals surface area (Å²) in [5, 5.41) is 7.63. The normalized spacial score (nSPS) is 10.8. The molecule has 0 unspecified atom stereocenters. The Labute approximate surface area is 104 Å². The molecule has 1 rings (SSSR count). The molecule has 1 aromatic rings. The maximum Gasteiger partial charge on any atom is 0.150 e. The molecule has 0 spiro atoms. The number of nitrogen functional groups attached to an aromatic ring is 1. The van der Waals surface area contributed by atoms with Gasteiger partial charge in [0.05, 0.1) is 11.4 Å². The van der Waals surface area contributed by atoms with Crippen LogP contribution < -0.4 is 16.0 Å². The summed E-state index contributed by atoms with van der Waals surface area (Å²) in [6.07, 6.45) is 3.12. The van der Waals surface area contributed by atoms with Gasteiger partial charge in [-0.25, -0.2) is 0 Å². The molecule has 3 N–H and O–H groups in total. The van der Waals surface area contributed by atoms with E-state index in [1.54, 1.807) is 0 Å². The van der Waals surface area contributed by atoms with Gasteiger partial charge in [0.1, 0.15) is 5.82 Å². The lowest BCUT2D eigenvalue weighted by Gasteiger charge is -2.19.